The second-order valence-electron chi connectivity index (χ2n) is 13.9. The Morgan fingerprint density at radius 2 is 0.940 bits per heavy atom. The summed E-state index contributed by atoms with van der Waals surface area (Å²) in [5, 5.41) is 5.53. The van der Waals surface area contributed by atoms with Crippen molar-refractivity contribution in [3.05, 3.63) is 198 Å². The molecule has 0 aromatic heterocycles. The highest BCUT2D eigenvalue weighted by Gasteiger charge is 2.45. The summed E-state index contributed by atoms with van der Waals surface area (Å²) in [5.74, 6) is 0. The summed E-state index contributed by atoms with van der Waals surface area (Å²) < 4.78 is 0. The van der Waals surface area contributed by atoms with Crippen molar-refractivity contribution in [2.75, 3.05) is 9.80 Å². The first-order valence-corrected chi connectivity index (χ1v) is 18.0. The molecule has 240 valence electrons. The average Bonchev–Trinajstić information content (AvgIpc) is 3.83. The van der Waals surface area contributed by atoms with Crippen LogP contribution < -0.4 is 9.80 Å². The summed E-state index contributed by atoms with van der Waals surface area (Å²) in [6, 6.07) is 56.2. The molecule has 0 atom stereocenters. The Balaban J connectivity index is 1.29. The monoisotopic (exact) mass is 642 g/mol. The van der Waals surface area contributed by atoms with Crippen LogP contribution >= 0.6 is 0 Å². The molecule has 0 amide bonds. The van der Waals surface area contributed by atoms with Gasteiger partial charge in [-0.2, -0.15) is 0 Å². The van der Waals surface area contributed by atoms with Gasteiger partial charge in [-0.05, 0) is 123 Å². The predicted molar refractivity (Wildman–Crippen MR) is 211 cm³/mol. The molecule has 0 saturated heterocycles. The number of hydrogen-bond acceptors (Lipinski definition) is 2. The van der Waals surface area contributed by atoms with Crippen LogP contribution in [0.3, 0.4) is 0 Å². The van der Waals surface area contributed by atoms with Crippen molar-refractivity contribution in [3.63, 3.8) is 0 Å². The van der Waals surface area contributed by atoms with E-state index in [1.54, 1.807) is 0 Å². The van der Waals surface area contributed by atoms with E-state index in [1.165, 1.54) is 77.7 Å². The Hall–Kier alpha value is -5.86. The number of nitrogens with zero attached hydrogens (tertiary/aromatic N) is 2. The van der Waals surface area contributed by atoms with E-state index in [2.05, 4.69) is 180 Å². The van der Waals surface area contributed by atoms with Gasteiger partial charge in [-0.25, -0.2) is 0 Å². The highest BCUT2D eigenvalue weighted by molar-refractivity contribution is 5.99. The molecule has 3 aliphatic carbocycles. The molecule has 2 nitrogen and oxygen atoms in total. The van der Waals surface area contributed by atoms with Crippen LogP contribution in [0.4, 0.5) is 22.7 Å². The molecule has 0 unspecified atom stereocenters. The Labute approximate surface area is 294 Å². The Morgan fingerprint density at radius 3 is 1.42 bits per heavy atom. The summed E-state index contributed by atoms with van der Waals surface area (Å²) in [6.07, 6.45) is 12.4. The Bertz CT molecular complexity index is 2320. The first-order chi connectivity index (χ1) is 24.8. The van der Waals surface area contributed by atoms with Crippen LogP contribution in [-0.2, 0) is 25.7 Å². The largest absolute Gasteiger partial charge is 0.313 e. The fraction of sp³-hybridized carbons (Fsp3) is 0.125. The van der Waals surface area contributed by atoms with Crippen LogP contribution in [0.1, 0.15) is 34.2 Å². The zero-order chi connectivity index (χ0) is 33.1. The third-order valence-corrected chi connectivity index (χ3v) is 11.3. The molecule has 50 heavy (non-hydrogen) atoms. The summed E-state index contributed by atoms with van der Waals surface area (Å²) in [6.45, 7) is 0. The molecule has 0 N–H and O–H groups in total. The van der Waals surface area contributed by atoms with Crippen molar-refractivity contribution in [2.45, 2.75) is 37.8 Å². The van der Waals surface area contributed by atoms with Crippen molar-refractivity contribution in [1.82, 2.24) is 0 Å². The minimum atomic E-state index is -0.607. The van der Waals surface area contributed by atoms with E-state index >= 15 is 0 Å². The van der Waals surface area contributed by atoms with Gasteiger partial charge in [-0.1, -0.05) is 127 Å². The minimum Gasteiger partial charge on any atom is -0.313 e. The number of para-hydroxylation sites is 2. The summed E-state index contributed by atoms with van der Waals surface area (Å²) in [4.78, 5) is 5.34. The lowest BCUT2D eigenvalue weighted by atomic mass is 9.87. The Morgan fingerprint density at radius 1 is 0.440 bits per heavy atom. The summed E-state index contributed by atoms with van der Waals surface area (Å²) in [7, 11) is 0. The lowest BCUT2D eigenvalue weighted by molar-refractivity contribution is 0.524. The van der Waals surface area contributed by atoms with Crippen LogP contribution in [0, 0.1) is 0 Å². The Kier molecular flexibility index (Phi) is 6.77. The maximum atomic E-state index is 2.67. The molecule has 7 aromatic carbocycles. The molecule has 0 spiro atoms. The molecule has 0 aliphatic heterocycles. The zero-order valence-corrected chi connectivity index (χ0v) is 28.1. The van der Waals surface area contributed by atoms with Crippen molar-refractivity contribution >= 4 is 49.9 Å². The molecular formula is C48H38N2. The van der Waals surface area contributed by atoms with Gasteiger partial charge < -0.3 is 9.80 Å². The molecule has 0 saturated carbocycles. The fourth-order valence-corrected chi connectivity index (χ4v) is 9.10. The highest BCUT2D eigenvalue weighted by atomic mass is 15.4. The van der Waals surface area contributed by atoms with E-state index in [0.717, 1.165) is 32.1 Å². The number of hydrogen-bond donors (Lipinski definition) is 0. The quantitative estimate of drug-likeness (QED) is 0.160. The van der Waals surface area contributed by atoms with Crippen molar-refractivity contribution in [1.29, 1.82) is 0 Å². The van der Waals surface area contributed by atoms with Crippen LogP contribution in [0.5, 0.6) is 0 Å². The van der Waals surface area contributed by atoms with Gasteiger partial charge in [-0.3, -0.25) is 0 Å². The van der Waals surface area contributed by atoms with Gasteiger partial charge in [0.15, 0.2) is 0 Å². The van der Waals surface area contributed by atoms with E-state index in [0.29, 0.717) is 0 Å². The summed E-state index contributed by atoms with van der Waals surface area (Å²) >= 11 is 0. The van der Waals surface area contributed by atoms with Crippen LogP contribution in [0.2, 0.25) is 0 Å². The van der Waals surface area contributed by atoms with Gasteiger partial charge in [0.2, 0.25) is 0 Å². The van der Waals surface area contributed by atoms with E-state index in [-0.39, 0.29) is 0 Å². The molecule has 0 heterocycles. The van der Waals surface area contributed by atoms with Gasteiger partial charge in [0.25, 0.3) is 0 Å². The van der Waals surface area contributed by atoms with Crippen molar-refractivity contribution in [3.8, 4) is 0 Å². The molecule has 7 aromatic rings. The van der Waals surface area contributed by atoms with E-state index in [4.69, 9.17) is 0 Å². The van der Waals surface area contributed by atoms with E-state index in [1.807, 2.05) is 0 Å². The van der Waals surface area contributed by atoms with Gasteiger partial charge in [0, 0.05) is 29.2 Å². The summed E-state index contributed by atoms with van der Waals surface area (Å²) in [5.41, 5.74) is 12.7. The third kappa shape index (κ3) is 4.48. The number of aryl methyl sites for hydroxylation is 4. The van der Waals surface area contributed by atoms with Crippen LogP contribution in [0.15, 0.2) is 170 Å². The van der Waals surface area contributed by atoms with Gasteiger partial charge in [0.05, 0.1) is 0 Å². The van der Waals surface area contributed by atoms with Crippen LogP contribution in [-0.4, -0.2) is 5.66 Å². The molecule has 3 aliphatic rings. The number of anilines is 4. The molecule has 0 fully saturated rings. The number of rotatable bonds is 7. The van der Waals surface area contributed by atoms with Crippen molar-refractivity contribution in [2.24, 2.45) is 0 Å². The standard InChI is InChI=1S/C48H38N2/c1-4-12-34(13-5-1)35-30-32-48(33-31-35,49(40-18-6-2-7-19-40)44-28-24-38-16-10-14-36-22-26-42(44)46(36)38)50(41-20-8-3-9-21-41)45-29-25-39-17-11-15-37-23-27-43(45)47(37)39/h1-21,24-25,28-32H,22-23,26-27,33H2. The minimum absolute atomic E-state index is 0.607. The number of benzene rings is 7. The zero-order valence-electron chi connectivity index (χ0n) is 28.1. The molecule has 2 heteroatoms. The smallest absolute Gasteiger partial charge is 0.145 e. The van der Waals surface area contributed by atoms with Crippen molar-refractivity contribution < 1.29 is 0 Å². The maximum Gasteiger partial charge on any atom is 0.145 e. The third-order valence-electron chi connectivity index (χ3n) is 11.3. The lowest BCUT2D eigenvalue weighted by Crippen LogP contribution is -2.57. The second kappa shape index (κ2) is 11.6. The molecule has 10 rings (SSSR count). The first kappa shape index (κ1) is 29.1. The topological polar surface area (TPSA) is 6.48 Å². The molecular weight excluding hydrogens is 605 g/mol. The van der Waals surface area contributed by atoms with Gasteiger partial charge >= 0.3 is 0 Å². The molecule has 0 radical (unpaired) electrons. The predicted octanol–water partition coefficient (Wildman–Crippen LogP) is 11.9. The highest BCUT2D eigenvalue weighted by Crippen LogP contribution is 2.52. The second-order valence-corrected chi connectivity index (χ2v) is 13.9. The lowest BCUT2D eigenvalue weighted by Gasteiger charge is -2.53. The maximum absolute atomic E-state index is 2.67. The SMILES string of the molecule is C1=CC(N(c2ccccc2)c2ccc3cccc4c3c2CC4)(N(c2ccccc2)c2ccc3cccc4c3c2CC4)CC=C1c1ccccc1. The van der Waals surface area contributed by atoms with Gasteiger partial charge in [-0.15, -0.1) is 0 Å². The van der Waals surface area contributed by atoms with Gasteiger partial charge in [0.1, 0.15) is 5.66 Å². The number of allylic oxidation sites excluding steroid dienone is 2. The van der Waals surface area contributed by atoms with Crippen LogP contribution in [0.25, 0.3) is 27.1 Å². The normalized spacial score (nSPS) is 15.4. The molecule has 0 bridgehead atoms. The average molecular weight is 643 g/mol. The van der Waals surface area contributed by atoms with E-state index < -0.39 is 5.66 Å². The first-order valence-electron chi connectivity index (χ1n) is 18.0. The fourth-order valence-electron chi connectivity index (χ4n) is 9.10. The van der Waals surface area contributed by atoms with E-state index in [9.17, 15) is 0 Å².